The standard InChI is InChI=1S/C25H35FN4O.C2H6/c1-15(2)20-12-19-8-7-9-29(22(19)13-21(20)17(5)26)25-23-14-28(18(6)31)10-11-30(23)24(27-25)16(3)4;1-2/h12-13,15-17H,7-11,14H2,1-6H3;1-2H3. The quantitative estimate of drug-likeness (QED) is 0.518. The van der Waals surface area contributed by atoms with Crippen LogP contribution in [0.1, 0.15) is 108 Å². The third-order valence-electron chi connectivity index (χ3n) is 6.69. The summed E-state index contributed by atoms with van der Waals surface area (Å²) in [5.41, 5.74) is 5.33. The maximum atomic E-state index is 14.6. The van der Waals surface area contributed by atoms with Gasteiger partial charge in [-0.2, -0.15) is 0 Å². The van der Waals surface area contributed by atoms with Crippen LogP contribution in [0.5, 0.6) is 0 Å². The molecule has 1 atom stereocenters. The van der Waals surface area contributed by atoms with Crippen molar-refractivity contribution in [2.75, 3.05) is 18.0 Å². The van der Waals surface area contributed by atoms with E-state index in [4.69, 9.17) is 4.98 Å². The second-order valence-electron chi connectivity index (χ2n) is 9.62. The summed E-state index contributed by atoms with van der Waals surface area (Å²) in [5, 5.41) is 0. The Labute approximate surface area is 199 Å². The Balaban J connectivity index is 0.00000149. The number of halogens is 1. The molecule has 33 heavy (non-hydrogen) atoms. The molecule has 0 N–H and O–H groups in total. The lowest BCUT2D eigenvalue weighted by Gasteiger charge is -2.34. The van der Waals surface area contributed by atoms with Crippen molar-refractivity contribution in [3.63, 3.8) is 0 Å². The number of fused-ring (bicyclic) bond motifs is 2. The summed E-state index contributed by atoms with van der Waals surface area (Å²) in [6.07, 6.45) is 1.02. The number of carbonyl (C=O) groups is 1. The van der Waals surface area contributed by atoms with Gasteiger partial charge in [-0.15, -0.1) is 0 Å². The maximum Gasteiger partial charge on any atom is 0.219 e. The van der Waals surface area contributed by atoms with Crippen molar-refractivity contribution in [3.05, 3.63) is 40.3 Å². The first-order valence-corrected chi connectivity index (χ1v) is 12.6. The molecule has 1 unspecified atom stereocenters. The fourth-order valence-corrected chi connectivity index (χ4v) is 5.04. The van der Waals surface area contributed by atoms with Crippen LogP contribution >= 0.6 is 0 Å². The van der Waals surface area contributed by atoms with Crippen molar-refractivity contribution in [3.8, 4) is 0 Å². The van der Waals surface area contributed by atoms with Crippen molar-refractivity contribution in [1.29, 1.82) is 0 Å². The Hall–Kier alpha value is -2.37. The van der Waals surface area contributed by atoms with Crippen LogP contribution in [-0.2, 0) is 24.3 Å². The molecule has 0 bridgehead atoms. The van der Waals surface area contributed by atoms with Gasteiger partial charge in [-0.1, -0.05) is 47.6 Å². The molecule has 5 nitrogen and oxygen atoms in total. The first-order chi connectivity index (χ1) is 15.7. The zero-order chi connectivity index (χ0) is 24.4. The van der Waals surface area contributed by atoms with Gasteiger partial charge in [0.05, 0.1) is 12.2 Å². The van der Waals surface area contributed by atoms with Gasteiger partial charge in [0.2, 0.25) is 5.91 Å². The summed E-state index contributed by atoms with van der Waals surface area (Å²) < 4.78 is 16.9. The summed E-state index contributed by atoms with van der Waals surface area (Å²) in [5.74, 6) is 2.68. The molecule has 0 aliphatic carbocycles. The Morgan fingerprint density at radius 3 is 2.27 bits per heavy atom. The highest BCUT2D eigenvalue weighted by atomic mass is 19.1. The van der Waals surface area contributed by atoms with E-state index in [0.29, 0.717) is 12.5 Å². The smallest absolute Gasteiger partial charge is 0.219 e. The van der Waals surface area contributed by atoms with E-state index < -0.39 is 6.17 Å². The number of rotatable bonds is 4. The Morgan fingerprint density at radius 1 is 1.00 bits per heavy atom. The zero-order valence-corrected chi connectivity index (χ0v) is 21.7. The average Bonchev–Trinajstić information content (AvgIpc) is 3.18. The van der Waals surface area contributed by atoms with Crippen molar-refractivity contribution in [2.45, 2.75) is 99.3 Å². The molecule has 0 radical (unpaired) electrons. The number of aryl methyl sites for hydroxylation is 1. The van der Waals surface area contributed by atoms with Crippen LogP contribution in [0.4, 0.5) is 15.9 Å². The third-order valence-corrected chi connectivity index (χ3v) is 6.69. The first kappa shape index (κ1) is 25.3. The van der Waals surface area contributed by atoms with Crippen LogP contribution in [0, 0.1) is 0 Å². The van der Waals surface area contributed by atoms with Crippen LogP contribution in [0.15, 0.2) is 12.1 Å². The van der Waals surface area contributed by atoms with Gasteiger partial charge in [0.15, 0.2) is 5.82 Å². The summed E-state index contributed by atoms with van der Waals surface area (Å²) in [4.78, 5) is 21.4. The molecule has 6 heteroatoms. The van der Waals surface area contributed by atoms with Gasteiger partial charge in [-0.3, -0.25) is 4.79 Å². The molecule has 2 aliphatic rings. The summed E-state index contributed by atoms with van der Waals surface area (Å²) >= 11 is 0. The fraction of sp³-hybridized carbons (Fsp3) is 0.630. The number of nitrogens with zero attached hydrogens (tertiary/aromatic N) is 4. The predicted molar refractivity (Wildman–Crippen MR) is 134 cm³/mol. The molecule has 3 heterocycles. The Bertz CT molecular complexity index is 992. The minimum absolute atomic E-state index is 0.0960. The van der Waals surface area contributed by atoms with Crippen molar-refractivity contribution in [1.82, 2.24) is 14.5 Å². The number of anilines is 2. The van der Waals surface area contributed by atoms with E-state index in [0.717, 1.165) is 66.6 Å². The van der Waals surface area contributed by atoms with Gasteiger partial charge in [-0.05, 0) is 48.4 Å². The van der Waals surface area contributed by atoms with Crippen molar-refractivity contribution >= 4 is 17.4 Å². The molecule has 0 spiro atoms. The summed E-state index contributed by atoms with van der Waals surface area (Å²) in [7, 11) is 0. The van der Waals surface area contributed by atoms with Crippen LogP contribution < -0.4 is 4.90 Å². The van der Waals surface area contributed by atoms with E-state index in [-0.39, 0.29) is 11.8 Å². The SMILES string of the molecule is CC.CC(=O)N1CCn2c(C(C)C)nc(N3CCCc4cc(C(C)C)c(C(C)F)cc43)c2C1. The number of carbonyl (C=O) groups excluding carboxylic acids is 1. The van der Waals surface area contributed by atoms with Crippen LogP contribution in [0.25, 0.3) is 0 Å². The Morgan fingerprint density at radius 2 is 1.70 bits per heavy atom. The predicted octanol–water partition coefficient (Wildman–Crippen LogP) is 6.63. The highest BCUT2D eigenvalue weighted by molar-refractivity contribution is 5.74. The van der Waals surface area contributed by atoms with Gasteiger partial charge in [0.1, 0.15) is 12.0 Å². The van der Waals surface area contributed by atoms with E-state index in [1.807, 2.05) is 18.7 Å². The maximum absolute atomic E-state index is 14.6. The van der Waals surface area contributed by atoms with Gasteiger partial charge >= 0.3 is 0 Å². The lowest BCUT2D eigenvalue weighted by atomic mass is 9.89. The molecule has 4 rings (SSSR count). The number of benzene rings is 1. The topological polar surface area (TPSA) is 41.4 Å². The van der Waals surface area contributed by atoms with Crippen molar-refractivity contribution < 1.29 is 9.18 Å². The van der Waals surface area contributed by atoms with E-state index in [9.17, 15) is 9.18 Å². The van der Waals surface area contributed by atoms with Crippen LogP contribution in [0.3, 0.4) is 0 Å². The molecule has 2 aromatic rings. The van der Waals surface area contributed by atoms with E-state index in [2.05, 4.69) is 49.3 Å². The molecular formula is C27H41FN4O. The molecular weight excluding hydrogens is 415 g/mol. The third kappa shape index (κ3) is 4.80. The Kier molecular flexibility index (Phi) is 7.86. The minimum atomic E-state index is -1.01. The molecule has 0 fully saturated rings. The molecule has 1 aromatic carbocycles. The van der Waals surface area contributed by atoms with Gasteiger partial charge < -0.3 is 14.4 Å². The highest BCUT2D eigenvalue weighted by Crippen LogP contribution is 2.41. The van der Waals surface area contributed by atoms with Gasteiger partial charge in [0, 0.05) is 38.2 Å². The average molecular weight is 457 g/mol. The molecule has 1 amide bonds. The molecule has 0 saturated heterocycles. The summed E-state index contributed by atoms with van der Waals surface area (Å²) in [6, 6.07) is 4.27. The number of alkyl halides is 1. The first-order valence-electron chi connectivity index (χ1n) is 12.6. The van der Waals surface area contributed by atoms with Gasteiger partial charge in [0.25, 0.3) is 0 Å². The monoisotopic (exact) mass is 456 g/mol. The number of hydrogen-bond acceptors (Lipinski definition) is 3. The molecule has 2 aliphatic heterocycles. The minimum Gasteiger partial charge on any atom is -0.335 e. The fourth-order valence-electron chi connectivity index (χ4n) is 5.04. The number of aromatic nitrogens is 2. The van der Waals surface area contributed by atoms with Gasteiger partial charge in [-0.25, -0.2) is 9.37 Å². The normalized spacial score (nSPS) is 16.3. The second kappa shape index (κ2) is 10.3. The lowest BCUT2D eigenvalue weighted by Crippen LogP contribution is -2.38. The number of imidazole rings is 1. The van der Waals surface area contributed by atoms with Crippen LogP contribution in [0.2, 0.25) is 0 Å². The van der Waals surface area contributed by atoms with Crippen molar-refractivity contribution in [2.24, 2.45) is 0 Å². The highest BCUT2D eigenvalue weighted by Gasteiger charge is 2.32. The molecule has 0 saturated carbocycles. The zero-order valence-electron chi connectivity index (χ0n) is 21.7. The number of hydrogen-bond donors (Lipinski definition) is 0. The molecule has 1 aromatic heterocycles. The van der Waals surface area contributed by atoms with E-state index in [1.54, 1.807) is 13.8 Å². The summed E-state index contributed by atoms with van der Waals surface area (Å²) in [6.45, 7) is 18.8. The van der Waals surface area contributed by atoms with E-state index >= 15 is 0 Å². The van der Waals surface area contributed by atoms with E-state index in [1.165, 1.54) is 5.56 Å². The number of amides is 1. The second-order valence-corrected chi connectivity index (χ2v) is 9.62. The van der Waals surface area contributed by atoms with Crippen LogP contribution in [-0.4, -0.2) is 33.4 Å². The molecule has 182 valence electrons. The lowest BCUT2D eigenvalue weighted by molar-refractivity contribution is -0.130. The largest absolute Gasteiger partial charge is 0.335 e.